The molecule has 0 N–H and O–H groups in total. The molecule has 20 heavy (non-hydrogen) atoms. The molecule has 4 nitrogen and oxygen atoms in total. The van der Waals surface area contributed by atoms with Gasteiger partial charge in [-0.25, -0.2) is 0 Å². The SMILES string of the molecule is CCCCCC(C(OCC)OCC)C(OCC)OCC. The molecular formula is C16H34O4. The zero-order valence-electron chi connectivity index (χ0n) is 14.0. The van der Waals surface area contributed by atoms with Crippen LogP contribution in [0.2, 0.25) is 0 Å². The second-order valence-electron chi connectivity index (χ2n) is 4.72. The van der Waals surface area contributed by atoms with E-state index in [4.69, 9.17) is 18.9 Å². The molecule has 0 rings (SSSR count). The average Bonchev–Trinajstić information content (AvgIpc) is 2.44. The van der Waals surface area contributed by atoms with Crippen molar-refractivity contribution in [2.75, 3.05) is 26.4 Å². The first-order valence-corrected chi connectivity index (χ1v) is 8.21. The van der Waals surface area contributed by atoms with Crippen LogP contribution in [0.1, 0.15) is 60.3 Å². The molecular weight excluding hydrogens is 256 g/mol. The molecule has 0 aromatic heterocycles. The Kier molecular flexibility index (Phi) is 13.7. The third-order valence-electron chi connectivity index (χ3n) is 3.16. The van der Waals surface area contributed by atoms with Gasteiger partial charge in [0.25, 0.3) is 0 Å². The van der Waals surface area contributed by atoms with Crippen LogP contribution in [0.5, 0.6) is 0 Å². The van der Waals surface area contributed by atoms with Crippen molar-refractivity contribution in [2.45, 2.75) is 72.9 Å². The minimum Gasteiger partial charge on any atom is -0.352 e. The second-order valence-corrected chi connectivity index (χ2v) is 4.72. The Morgan fingerprint density at radius 2 is 1.00 bits per heavy atom. The van der Waals surface area contributed by atoms with Crippen molar-refractivity contribution >= 4 is 0 Å². The summed E-state index contributed by atoms with van der Waals surface area (Å²) in [6, 6.07) is 0. The van der Waals surface area contributed by atoms with E-state index in [0.29, 0.717) is 26.4 Å². The minimum absolute atomic E-state index is 0.126. The van der Waals surface area contributed by atoms with Crippen molar-refractivity contribution in [3.63, 3.8) is 0 Å². The fraction of sp³-hybridized carbons (Fsp3) is 1.00. The van der Waals surface area contributed by atoms with Crippen LogP contribution in [0, 0.1) is 5.92 Å². The molecule has 4 heteroatoms. The summed E-state index contributed by atoms with van der Waals surface area (Å²) in [6.45, 7) is 12.7. The summed E-state index contributed by atoms with van der Waals surface area (Å²) in [7, 11) is 0. The van der Waals surface area contributed by atoms with Gasteiger partial charge in [-0.05, 0) is 34.1 Å². The van der Waals surface area contributed by atoms with Gasteiger partial charge in [0.15, 0.2) is 12.6 Å². The van der Waals surface area contributed by atoms with Crippen LogP contribution in [0.3, 0.4) is 0 Å². The quantitative estimate of drug-likeness (QED) is 0.358. The van der Waals surface area contributed by atoms with Gasteiger partial charge in [-0.1, -0.05) is 26.2 Å². The Morgan fingerprint density at radius 1 is 0.600 bits per heavy atom. The predicted octanol–water partition coefficient (Wildman–Crippen LogP) is 3.98. The standard InChI is InChI=1S/C16H34O4/c1-6-11-12-13-14(15(17-7-2)18-8-3)16(19-9-4)20-10-5/h14-16H,6-13H2,1-5H3. The molecule has 0 atom stereocenters. The summed E-state index contributed by atoms with van der Waals surface area (Å²) in [5, 5.41) is 0. The summed E-state index contributed by atoms with van der Waals surface area (Å²) in [5.74, 6) is 0.126. The molecule has 0 aromatic rings. The third-order valence-corrected chi connectivity index (χ3v) is 3.16. The molecule has 0 fully saturated rings. The summed E-state index contributed by atoms with van der Waals surface area (Å²) in [4.78, 5) is 0. The third kappa shape index (κ3) is 8.20. The molecule has 0 amide bonds. The largest absolute Gasteiger partial charge is 0.352 e. The monoisotopic (exact) mass is 290 g/mol. The molecule has 122 valence electrons. The number of hydrogen-bond acceptors (Lipinski definition) is 4. The zero-order valence-corrected chi connectivity index (χ0v) is 14.0. The number of hydrogen-bond donors (Lipinski definition) is 0. The fourth-order valence-corrected chi connectivity index (χ4v) is 2.28. The lowest BCUT2D eigenvalue weighted by Crippen LogP contribution is -2.39. The van der Waals surface area contributed by atoms with Gasteiger partial charge < -0.3 is 18.9 Å². The van der Waals surface area contributed by atoms with E-state index in [2.05, 4.69) is 6.92 Å². The minimum atomic E-state index is -0.245. The maximum Gasteiger partial charge on any atom is 0.165 e. The van der Waals surface area contributed by atoms with E-state index in [9.17, 15) is 0 Å². The molecule has 0 aliphatic rings. The Morgan fingerprint density at radius 3 is 1.30 bits per heavy atom. The summed E-state index contributed by atoms with van der Waals surface area (Å²) < 4.78 is 23.1. The van der Waals surface area contributed by atoms with E-state index in [0.717, 1.165) is 12.8 Å². The summed E-state index contributed by atoms with van der Waals surface area (Å²) in [6.07, 6.45) is 4.08. The first-order chi connectivity index (χ1) is 9.74. The maximum absolute atomic E-state index is 5.77. The molecule has 0 aromatic carbocycles. The summed E-state index contributed by atoms with van der Waals surface area (Å²) >= 11 is 0. The highest BCUT2D eigenvalue weighted by Crippen LogP contribution is 2.24. The van der Waals surface area contributed by atoms with E-state index >= 15 is 0 Å². The molecule has 0 saturated carbocycles. The topological polar surface area (TPSA) is 36.9 Å². The van der Waals surface area contributed by atoms with Gasteiger partial charge in [0, 0.05) is 26.4 Å². The van der Waals surface area contributed by atoms with Crippen LogP contribution in [-0.4, -0.2) is 39.0 Å². The van der Waals surface area contributed by atoms with Gasteiger partial charge in [0.1, 0.15) is 0 Å². The van der Waals surface area contributed by atoms with Crippen molar-refractivity contribution in [1.82, 2.24) is 0 Å². The van der Waals surface area contributed by atoms with Gasteiger partial charge in [0.2, 0.25) is 0 Å². The fourth-order valence-electron chi connectivity index (χ4n) is 2.28. The molecule has 0 unspecified atom stereocenters. The highest BCUT2D eigenvalue weighted by Gasteiger charge is 2.31. The molecule has 0 heterocycles. The van der Waals surface area contributed by atoms with Gasteiger partial charge >= 0.3 is 0 Å². The zero-order chi connectivity index (χ0) is 15.2. The van der Waals surface area contributed by atoms with Gasteiger partial charge in [-0.2, -0.15) is 0 Å². The highest BCUT2D eigenvalue weighted by atomic mass is 16.7. The Labute approximate surface area is 125 Å². The Hall–Kier alpha value is -0.160. The molecule has 0 aliphatic carbocycles. The van der Waals surface area contributed by atoms with E-state index in [1.54, 1.807) is 0 Å². The molecule has 0 bridgehead atoms. The molecule has 0 spiro atoms. The van der Waals surface area contributed by atoms with Crippen molar-refractivity contribution in [2.24, 2.45) is 5.92 Å². The first-order valence-electron chi connectivity index (χ1n) is 8.21. The number of rotatable bonds is 14. The smallest absolute Gasteiger partial charge is 0.165 e. The van der Waals surface area contributed by atoms with Crippen LogP contribution in [0.15, 0.2) is 0 Å². The first kappa shape index (κ1) is 19.8. The van der Waals surface area contributed by atoms with Crippen molar-refractivity contribution in [3.05, 3.63) is 0 Å². The second kappa shape index (κ2) is 13.8. The van der Waals surface area contributed by atoms with Crippen LogP contribution in [-0.2, 0) is 18.9 Å². The van der Waals surface area contributed by atoms with E-state index in [-0.39, 0.29) is 18.5 Å². The number of unbranched alkanes of at least 4 members (excludes halogenated alkanes) is 2. The van der Waals surface area contributed by atoms with Crippen molar-refractivity contribution in [3.8, 4) is 0 Å². The number of ether oxygens (including phenoxy) is 4. The lowest BCUT2D eigenvalue weighted by Gasteiger charge is -2.32. The highest BCUT2D eigenvalue weighted by molar-refractivity contribution is 4.69. The van der Waals surface area contributed by atoms with Gasteiger partial charge in [0.05, 0.1) is 5.92 Å². The van der Waals surface area contributed by atoms with Gasteiger partial charge in [-0.15, -0.1) is 0 Å². The summed E-state index contributed by atoms with van der Waals surface area (Å²) in [5.41, 5.74) is 0. The molecule has 0 saturated heterocycles. The molecule has 0 aliphatic heterocycles. The van der Waals surface area contributed by atoms with Crippen molar-refractivity contribution in [1.29, 1.82) is 0 Å². The van der Waals surface area contributed by atoms with Gasteiger partial charge in [-0.3, -0.25) is 0 Å². The normalized spacial score (nSPS) is 12.0. The van der Waals surface area contributed by atoms with E-state index < -0.39 is 0 Å². The van der Waals surface area contributed by atoms with Crippen LogP contribution in [0.4, 0.5) is 0 Å². The van der Waals surface area contributed by atoms with E-state index in [1.165, 1.54) is 12.8 Å². The average molecular weight is 290 g/mol. The van der Waals surface area contributed by atoms with Crippen molar-refractivity contribution < 1.29 is 18.9 Å². The Bertz CT molecular complexity index is 171. The predicted molar refractivity (Wildman–Crippen MR) is 81.7 cm³/mol. The lowest BCUT2D eigenvalue weighted by atomic mass is 9.99. The van der Waals surface area contributed by atoms with Crippen LogP contribution >= 0.6 is 0 Å². The lowest BCUT2D eigenvalue weighted by molar-refractivity contribution is -0.248. The molecule has 0 radical (unpaired) electrons. The Balaban J connectivity index is 4.76. The van der Waals surface area contributed by atoms with Crippen LogP contribution in [0.25, 0.3) is 0 Å². The van der Waals surface area contributed by atoms with E-state index in [1.807, 2.05) is 27.7 Å². The maximum atomic E-state index is 5.77. The van der Waals surface area contributed by atoms with Crippen LogP contribution < -0.4 is 0 Å².